The molecule has 1 aliphatic heterocycles. The highest BCUT2D eigenvalue weighted by molar-refractivity contribution is 6.30. The number of nitrogens with one attached hydrogen (secondary N) is 1. The zero-order valence-electron chi connectivity index (χ0n) is 17.1. The van der Waals surface area contributed by atoms with Gasteiger partial charge in [0.15, 0.2) is 0 Å². The number of halogens is 1. The Balaban J connectivity index is 1.59. The number of rotatable bonds is 6. The van der Waals surface area contributed by atoms with E-state index in [2.05, 4.69) is 31.3 Å². The summed E-state index contributed by atoms with van der Waals surface area (Å²) >= 11 is 5.99. The van der Waals surface area contributed by atoms with E-state index in [9.17, 15) is 9.59 Å². The summed E-state index contributed by atoms with van der Waals surface area (Å²) in [5.74, 6) is 0.876. The maximum Gasteiger partial charge on any atom is 0.245 e. The Kier molecular flexibility index (Phi) is 7.39. The maximum atomic E-state index is 13.2. The third-order valence-electron chi connectivity index (χ3n) is 6.65. The highest BCUT2D eigenvalue weighted by Gasteiger charge is 2.34. The molecular formula is C23H33ClN2O2. The first-order valence-electron chi connectivity index (χ1n) is 10.8. The van der Waals surface area contributed by atoms with Crippen LogP contribution < -0.4 is 5.32 Å². The Morgan fingerprint density at radius 2 is 1.71 bits per heavy atom. The van der Waals surface area contributed by atoms with Gasteiger partial charge in [-0.1, -0.05) is 56.8 Å². The number of hydrogen-bond donors (Lipinski definition) is 1. The van der Waals surface area contributed by atoms with E-state index in [4.69, 9.17) is 11.6 Å². The van der Waals surface area contributed by atoms with Gasteiger partial charge in [-0.25, -0.2) is 0 Å². The van der Waals surface area contributed by atoms with Crippen molar-refractivity contribution < 1.29 is 9.59 Å². The van der Waals surface area contributed by atoms with Crippen molar-refractivity contribution in [1.29, 1.82) is 0 Å². The molecule has 154 valence electrons. The normalized spacial score (nSPS) is 20.8. The maximum absolute atomic E-state index is 13.2. The fourth-order valence-corrected chi connectivity index (χ4v) is 4.63. The highest BCUT2D eigenvalue weighted by Crippen LogP contribution is 2.30. The molecule has 0 aromatic heterocycles. The summed E-state index contributed by atoms with van der Waals surface area (Å²) < 4.78 is 0. The van der Waals surface area contributed by atoms with Crippen LogP contribution in [0.4, 0.5) is 0 Å². The molecule has 1 saturated carbocycles. The smallest absolute Gasteiger partial charge is 0.245 e. The van der Waals surface area contributed by atoms with Crippen molar-refractivity contribution in [3.05, 3.63) is 34.9 Å². The van der Waals surface area contributed by atoms with Crippen molar-refractivity contribution in [2.75, 3.05) is 13.1 Å². The van der Waals surface area contributed by atoms with Crippen molar-refractivity contribution in [1.82, 2.24) is 10.2 Å². The fourth-order valence-electron chi connectivity index (χ4n) is 4.51. The molecule has 1 aromatic carbocycles. The highest BCUT2D eigenvalue weighted by atomic mass is 35.5. The zero-order chi connectivity index (χ0) is 20.1. The molecule has 28 heavy (non-hydrogen) atoms. The number of benzene rings is 1. The number of nitrogens with zero attached hydrogens (tertiary/aromatic N) is 1. The molecule has 2 amide bonds. The molecule has 4 nitrogen and oxygen atoms in total. The summed E-state index contributed by atoms with van der Waals surface area (Å²) in [7, 11) is 0. The van der Waals surface area contributed by atoms with Gasteiger partial charge in [0, 0.05) is 24.0 Å². The number of carbonyl (C=O) groups excluding carboxylic acids is 2. The van der Waals surface area contributed by atoms with E-state index in [-0.39, 0.29) is 23.7 Å². The van der Waals surface area contributed by atoms with Crippen LogP contribution in [0.3, 0.4) is 0 Å². The van der Waals surface area contributed by atoms with E-state index in [1.807, 2.05) is 17.0 Å². The minimum atomic E-state index is -0.398. The lowest BCUT2D eigenvalue weighted by atomic mass is 9.88. The average Bonchev–Trinajstić information content (AvgIpc) is 3.26. The lowest BCUT2D eigenvalue weighted by Crippen LogP contribution is -2.54. The van der Waals surface area contributed by atoms with Crippen molar-refractivity contribution in [3.63, 3.8) is 0 Å². The first-order valence-corrected chi connectivity index (χ1v) is 11.2. The molecule has 2 atom stereocenters. The van der Waals surface area contributed by atoms with Crippen LogP contribution in [-0.2, 0) is 9.59 Å². The van der Waals surface area contributed by atoms with Crippen molar-refractivity contribution in [3.8, 4) is 0 Å². The Morgan fingerprint density at radius 3 is 2.29 bits per heavy atom. The van der Waals surface area contributed by atoms with Gasteiger partial charge in [-0.3, -0.25) is 9.59 Å². The number of carbonyl (C=O) groups is 2. The fraction of sp³-hybridized carbons (Fsp3) is 0.652. The Labute approximate surface area is 174 Å². The molecule has 3 rings (SSSR count). The van der Waals surface area contributed by atoms with Crippen LogP contribution in [0.1, 0.15) is 70.3 Å². The monoisotopic (exact) mass is 404 g/mol. The van der Waals surface area contributed by atoms with Crippen LogP contribution in [-0.4, -0.2) is 35.8 Å². The molecule has 0 unspecified atom stereocenters. The van der Waals surface area contributed by atoms with Crippen LogP contribution in [0.15, 0.2) is 24.3 Å². The van der Waals surface area contributed by atoms with Gasteiger partial charge in [-0.2, -0.15) is 0 Å². The molecule has 5 heteroatoms. The van der Waals surface area contributed by atoms with E-state index in [1.165, 1.54) is 5.56 Å². The number of hydrogen-bond acceptors (Lipinski definition) is 2. The molecule has 0 bridgehead atoms. The zero-order valence-corrected chi connectivity index (χ0v) is 17.9. The van der Waals surface area contributed by atoms with Crippen molar-refractivity contribution in [2.45, 2.75) is 70.8 Å². The standard InChI is InChI=1S/C23H33ClN2O2/c1-3-16(2)21(25-22(27)19-6-4-5-7-19)23(28)26-14-12-18(13-15-26)17-8-10-20(24)11-9-17/h8-11,16,18-19,21H,3-7,12-15H2,1-2H3,(H,25,27)/t16-,21-/m1/s1. The minimum absolute atomic E-state index is 0.0761. The summed E-state index contributed by atoms with van der Waals surface area (Å²) in [6, 6.07) is 7.66. The van der Waals surface area contributed by atoms with Gasteiger partial charge in [-0.15, -0.1) is 0 Å². The lowest BCUT2D eigenvalue weighted by molar-refractivity contribution is -0.139. The summed E-state index contributed by atoms with van der Waals surface area (Å²) in [5.41, 5.74) is 1.30. The Hall–Kier alpha value is -1.55. The van der Waals surface area contributed by atoms with Crippen LogP contribution in [0.5, 0.6) is 0 Å². The topological polar surface area (TPSA) is 49.4 Å². The largest absolute Gasteiger partial charge is 0.344 e. The Morgan fingerprint density at radius 1 is 1.11 bits per heavy atom. The third-order valence-corrected chi connectivity index (χ3v) is 6.90. The van der Waals surface area contributed by atoms with Gasteiger partial charge in [0.25, 0.3) is 0 Å². The second-order valence-corrected chi connectivity index (χ2v) is 8.94. The van der Waals surface area contributed by atoms with Gasteiger partial charge >= 0.3 is 0 Å². The van der Waals surface area contributed by atoms with E-state index in [0.717, 1.165) is 63.1 Å². The predicted molar refractivity (Wildman–Crippen MR) is 113 cm³/mol. The molecule has 0 spiro atoms. The van der Waals surface area contributed by atoms with Crippen LogP contribution in [0, 0.1) is 11.8 Å². The quantitative estimate of drug-likeness (QED) is 0.742. The summed E-state index contributed by atoms with van der Waals surface area (Å²) in [6.07, 6.45) is 6.95. The molecule has 1 N–H and O–H groups in total. The lowest BCUT2D eigenvalue weighted by Gasteiger charge is -2.36. The molecule has 2 aliphatic rings. The van der Waals surface area contributed by atoms with Crippen LogP contribution in [0.25, 0.3) is 0 Å². The van der Waals surface area contributed by atoms with Gasteiger partial charge in [0.05, 0.1) is 0 Å². The molecule has 1 aliphatic carbocycles. The van der Waals surface area contributed by atoms with Crippen molar-refractivity contribution in [2.24, 2.45) is 11.8 Å². The van der Waals surface area contributed by atoms with Gasteiger partial charge in [0.2, 0.25) is 11.8 Å². The number of likely N-dealkylation sites (tertiary alicyclic amines) is 1. The molecule has 1 aromatic rings. The second kappa shape index (κ2) is 9.78. The minimum Gasteiger partial charge on any atom is -0.344 e. The van der Waals surface area contributed by atoms with Gasteiger partial charge in [0.1, 0.15) is 6.04 Å². The van der Waals surface area contributed by atoms with Gasteiger partial charge in [-0.05, 0) is 55.2 Å². The number of amides is 2. The molecule has 1 heterocycles. The van der Waals surface area contributed by atoms with Gasteiger partial charge < -0.3 is 10.2 Å². The summed E-state index contributed by atoms with van der Waals surface area (Å²) in [4.78, 5) is 27.8. The molecule has 2 fully saturated rings. The first kappa shape index (κ1) is 21.2. The second-order valence-electron chi connectivity index (χ2n) is 8.50. The van der Waals surface area contributed by atoms with E-state index in [1.54, 1.807) is 0 Å². The SMILES string of the molecule is CC[C@@H](C)[C@@H](NC(=O)C1CCCC1)C(=O)N1CCC(c2ccc(Cl)cc2)CC1. The molecule has 0 radical (unpaired) electrons. The average molecular weight is 405 g/mol. The predicted octanol–water partition coefficient (Wildman–Crippen LogP) is 4.77. The summed E-state index contributed by atoms with van der Waals surface area (Å²) in [5, 5.41) is 3.87. The molecular weight excluding hydrogens is 372 g/mol. The van der Waals surface area contributed by atoms with E-state index >= 15 is 0 Å². The van der Waals surface area contributed by atoms with E-state index in [0.29, 0.717) is 5.92 Å². The van der Waals surface area contributed by atoms with Crippen molar-refractivity contribution >= 4 is 23.4 Å². The third kappa shape index (κ3) is 5.08. The Bertz CT molecular complexity index is 662. The number of piperidine rings is 1. The summed E-state index contributed by atoms with van der Waals surface area (Å²) in [6.45, 7) is 5.65. The van der Waals surface area contributed by atoms with Crippen LogP contribution >= 0.6 is 11.6 Å². The first-order chi connectivity index (χ1) is 13.5. The van der Waals surface area contributed by atoms with Crippen LogP contribution in [0.2, 0.25) is 5.02 Å². The van der Waals surface area contributed by atoms with E-state index < -0.39 is 6.04 Å². The molecule has 1 saturated heterocycles.